The molecule has 222 valence electrons. The highest BCUT2D eigenvalue weighted by atomic mass is 19.2. The number of aromatic nitrogens is 2. The molecule has 2 aromatic heterocycles. The van der Waals surface area contributed by atoms with Crippen LogP contribution in [0.4, 0.5) is 14.5 Å². The standard InChI is InChI=1S/C33H33F2N5O3/c1-3-19-17-21(10-11-22(19)33(42)38-16-14-20-7-4-5-9-26(36)31(20)41)40-32-30-24(8-6-15-37-32)25(18-39-30)23-12-13-27(43-2)29(35)28(23)34/h6-8,10-13,15,17-18,26,39H,3-5,9,14,16,36H2,1-2H3,(H,38,42)/t26-/m0/s1. The largest absolute Gasteiger partial charge is 0.494 e. The minimum atomic E-state index is -1.06. The van der Waals surface area contributed by atoms with Gasteiger partial charge in [0.05, 0.1) is 24.4 Å². The second-order valence-corrected chi connectivity index (χ2v) is 10.3. The lowest BCUT2D eigenvalue weighted by atomic mass is 10.0. The Morgan fingerprint density at radius 1 is 1.19 bits per heavy atom. The van der Waals surface area contributed by atoms with E-state index in [0.29, 0.717) is 64.6 Å². The van der Waals surface area contributed by atoms with Crippen LogP contribution in [0.25, 0.3) is 22.0 Å². The summed E-state index contributed by atoms with van der Waals surface area (Å²) in [7, 11) is 1.28. The number of nitrogens with zero attached hydrogens (tertiary/aromatic N) is 2. The summed E-state index contributed by atoms with van der Waals surface area (Å²) in [5.74, 6) is -2.53. The van der Waals surface area contributed by atoms with Crippen molar-refractivity contribution in [2.24, 2.45) is 10.7 Å². The van der Waals surface area contributed by atoms with Gasteiger partial charge in [-0.25, -0.2) is 14.4 Å². The van der Waals surface area contributed by atoms with Crippen LogP contribution in [0, 0.1) is 11.6 Å². The number of carbonyl (C=O) groups excluding carboxylic acids is 2. The monoisotopic (exact) mass is 585 g/mol. The molecule has 4 N–H and O–H groups in total. The first kappa shape index (κ1) is 29.8. The summed E-state index contributed by atoms with van der Waals surface area (Å²) in [5.41, 5.74) is 9.95. The molecule has 4 aromatic rings. The lowest BCUT2D eigenvalue weighted by molar-refractivity contribution is -0.116. The fourth-order valence-corrected chi connectivity index (χ4v) is 5.32. The van der Waals surface area contributed by atoms with Gasteiger partial charge < -0.3 is 20.8 Å². The molecular formula is C33H33F2N5O3. The first-order chi connectivity index (χ1) is 20.8. The Bertz CT molecular complexity index is 1800. The molecule has 2 aromatic carbocycles. The Hall–Kier alpha value is -4.70. The predicted molar refractivity (Wildman–Crippen MR) is 161 cm³/mol. The van der Waals surface area contributed by atoms with E-state index in [1.165, 1.54) is 19.2 Å². The number of aromatic amines is 1. The maximum absolute atomic E-state index is 14.9. The Morgan fingerprint density at radius 3 is 2.81 bits per heavy atom. The summed E-state index contributed by atoms with van der Waals surface area (Å²) < 4.78 is 34.3. The van der Waals surface area contributed by atoms with Gasteiger partial charge >= 0.3 is 0 Å². The summed E-state index contributed by atoms with van der Waals surface area (Å²) >= 11 is 0. The molecule has 10 heteroatoms. The van der Waals surface area contributed by atoms with Gasteiger partial charge in [0.15, 0.2) is 22.8 Å². The van der Waals surface area contributed by atoms with Crippen LogP contribution in [0.3, 0.4) is 0 Å². The maximum Gasteiger partial charge on any atom is 0.251 e. The number of nitrogens with two attached hydrogens (primary N) is 1. The maximum atomic E-state index is 14.9. The third kappa shape index (κ3) is 6.24. The quantitative estimate of drug-likeness (QED) is 0.254. The number of ketones is 1. The molecule has 8 nitrogen and oxygen atoms in total. The van der Waals surface area contributed by atoms with Crippen molar-refractivity contribution < 1.29 is 23.1 Å². The fraction of sp³-hybridized carbons (Fsp3) is 0.273. The summed E-state index contributed by atoms with van der Waals surface area (Å²) in [4.78, 5) is 37.8. The second kappa shape index (κ2) is 13.1. The molecule has 5 rings (SSSR count). The number of hydrogen-bond acceptors (Lipinski definition) is 6. The number of rotatable bonds is 8. The Kier molecular flexibility index (Phi) is 9.06. The van der Waals surface area contributed by atoms with Crippen LogP contribution >= 0.6 is 0 Å². The third-order valence-electron chi connectivity index (χ3n) is 7.64. The molecule has 0 fully saturated rings. The zero-order valence-corrected chi connectivity index (χ0v) is 24.0. The Labute approximate surface area is 247 Å². The number of fused-ring (bicyclic) bond motifs is 1. The summed E-state index contributed by atoms with van der Waals surface area (Å²) in [6.07, 6.45) is 8.50. The molecule has 0 saturated heterocycles. The van der Waals surface area contributed by atoms with Crippen LogP contribution in [-0.2, 0) is 11.2 Å². The number of hydrogen-bond donors (Lipinski definition) is 3. The average Bonchev–Trinajstić information content (AvgIpc) is 3.23. The Morgan fingerprint density at radius 2 is 2.02 bits per heavy atom. The Balaban J connectivity index is 1.41. The number of allylic oxidation sites excluding steroid dienone is 1. The van der Waals surface area contributed by atoms with Crippen molar-refractivity contribution >= 4 is 28.3 Å². The van der Waals surface area contributed by atoms with Crippen LogP contribution in [0.2, 0.25) is 0 Å². The van der Waals surface area contributed by atoms with Crippen LogP contribution in [-0.4, -0.2) is 41.4 Å². The van der Waals surface area contributed by atoms with Gasteiger partial charge in [-0.1, -0.05) is 19.1 Å². The highest BCUT2D eigenvalue weighted by molar-refractivity contribution is 6.00. The van der Waals surface area contributed by atoms with E-state index in [4.69, 9.17) is 15.5 Å². The van der Waals surface area contributed by atoms with Crippen molar-refractivity contribution in [3.63, 3.8) is 0 Å². The highest BCUT2D eigenvalue weighted by Crippen LogP contribution is 2.33. The summed E-state index contributed by atoms with van der Waals surface area (Å²) in [5, 5.41) is 3.53. The van der Waals surface area contributed by atoms with Gasteiger partial charge in [0, 0.05) is 41.0 Å². The smallest absolute Gasteiger partial charge is 0.251 e. The number of aryl methyl sites for hydroxylation is 1. The molecule has 0 unspecified atom stereocenters. The van der Waals surface area contributed by atoms with Crippen molar-refractivity contribution in [2.75, 3.05) is 13.7 Å². The van der Waals surface area contributed by atoms with E-state index in [2.05, 4.69) is 15.3 Å². The van der Waals surface area contributed by atoms with E-state index < -0.39 is 17.7 Å². The molecule has 0 bridgehead atoms. The zero-order chi connectivity index (χ0) is 30.5. The molecule has 43 heavy (non-hydrogen) atoms. The van der Waals surface area contributed by atoms with Crippen molar-refractivity contribution in [3.05, 3.63) is 94.8 Å². The summed E-state index contributed by atoms with van der Waals surface area (Å²) in [6.45, 7) is 2.28. The number of benzene rings is 2. The van der Waals surface area contributed by atoms with Crippen molar-refractivity contribution in [2.45, 2.75) is 45.1 Å². The van der Waals surface area contributed by atoms with Crippen molar-refractivity contribution in [1.29, 1.82) is 0 Å². The lowest BCUT2D eigenvalue weighted by Gasteiger charge is -2.12. The number of ether oxygens (including phenoxy) is 1. The fourth-order valence-electron chi connectivity index (χ4n) is 5.32. The van der Waals surface area contributed by atoms with Gasteiger partial charge in [0.1, 0.15) is 0 Å². The molecule has 0 aliphatic heterocycles. The van der Waals surface area contributed by atoms with Gasteiger partial charge in [-0.15, -0.1) is 0 Å². The molecule has 1 atom stereocenters. The molecule has 2 heterocycles. The first-order valence-corrected chi connectivity index (χ1v) is 14.3. The van der Waals surface area contributed by atoms with Crippen LogP contribution in [0.15, 0.2) is 71.5 Å². The lowest BCUT2D eigenvalue weighted by Crippen LogP contribution is -2.32. The van der Waals surface area contributed by atoms with E-state index in [9.17, 15) is 18.4 Å². The summed E-state index contributed by atoms with van der Waals surface area (Å²) in [6, 6.07) is 11.1. The number of amides is 1. The number of methoxy groups -OCH3 is 1. The number of H-pyrrole nitrogens is 1. The molecular weight excluding hydrogens is 552 g/mol. The SMILES string of the molecule is CCc1cc(N=c2ncccc3c(-c4ccc(OC)c(F)c4F)c[nH]c23)ccc1C(=O)NCCC1=CCCC[C@H](N)C1=O. The number of Topliss-reactive ketones (excluding diaryl/α,β-unsaturated/α-hetero) is 1. The van der Waals surface area contributed by atoms with Crippen LogP contribution < -0.4 is 21.3 Å². The molecule has 1 amide bonds. The first-order valence-electron chi connectivity index (χ1n) is 14.3. The van der Waals surface area contributed by atoms with Crippen LogP contribution in [0.1, 0.15) is 48.5 Å². The van der Waals surface area contributed by atoms with Gasteiger partial charge in [-0.2, -0.15) is 4.39 Å². The van der Waals surface area contributed by atoms with E-state index in [-0.39, 0.29) is 23.0 Å². The van der Waals surface area contributed by atoms with Gasteiger partial charge in [-0.3, -0.25) is 9.59 Å². The van der Waals surface area contributed by atoms with Gasteiger partial charge in [0.25, 0.3) is 5.91 Å². The zero-order valence-electron chi connectivity index (χ0n) is 24.0. The van der Waals surface area contributed by atoms with E-state index in [1.807, 2.05) is 19.1 Å². The minimum Gasteiger partial charge on any atom is -0.494 e. The van der Waals surface area contributed by atoms with Crippen LogP contribution in [0.5, 0.6) is 5.75 Å². The van der Waals surface area contributed by atoms with Gasteiger partial charge in [0.2, 0.25) is 5.82 Å². The normalized spacial score (nSPS) is 15.7. The minimum absolute atomic E-state index is 0.0422. The predicted octanol–water partition coefficient (Wildman–Crippen LogP) is 5.44. The van der Waals surface area contributed by atoms with E-state index in [0.717, 1.165) is 18.4 Å². The number of nitrogens with one attached hydrogen (secondary N) is 2. The van der Waals surface area contributed by atoms with E-state index >= 15 is 0 Å². The average molecular weight is 586 g/mol. The van der Waals surface area contributed by atoms with Crippen molar-refractivity contribution in [3.8, 4) is 16.9 Å². The number of halogens is 2. The second-order valence-electron chi connectivity index (χ2n) is 10.3. The van der Waals surface area contributed by atoms with Gasteiger partial charge in [-0.05, 0) is 79.6 Å². The topological polar surface area (TPSA) is 122 Å². The molecule has 1 aliphatic rings. The number of carbonyl (C=O) groups is 2. The molecule has 0 radical (unpaired) electrons. The highest BCUT2D eigenvalue weighted by Gasteiger charge is 2.21. The molecule has 0 saturated carbocycles. The van der Waals surface area contributed by atoms with E-state index in [1.54, 1.807) is 36.7 Å². The molecule has 1 aliphatic carbocycles. The van der Waals surface area contributed by atoms with Crippen molar-refractivity contribution in [1.82, 2.24) is 15.3 Å². The molecule has 0 spiro atoms. The third-order valence-corrected chi connectivity index (χ3v) is 7.64.